The zero-order chi connectivity index (χ0) is 21.2. The standard InChI is InChI=1S/C23H32NO3PS2/c25-28(26,27)17-9-7-5-3-1-2-4-6-8-16-24-20(22-12-10-18-29-22)14-15-21(24)23-13-11-19-30-23/h10-15,18-19H,1-9,16-17H2,(H2,25,26,27). The van der Waals surface area contributed by atoms with Gasteiger partial charge in [0.25, 0.3) is 0 Å². The van der Waals surface area contributed by atoms with Crippen molar-refractivity contribution in [1.82, 2.24) is 4.57 Å². The molecular formula is C23H32NO3PS2. The van der Waals surface area contributed by atoms with Gasteiger partial charge in [-0.3, -0.25) is 4.57 Å². The maximum absolute atomic E-state index is 10.8. The van der Waals surface area contributed by atoms with E-state index in [2.05, 4.69) is 51.7 Å². The van der Waals surface area contributed by atoms with E-state index in [0.29, 0.717) is 6.42 Å². The molecule has 7 heteroatoms. The van der Waals surface area contributed by atoms with Gasteiger partial charge in [0.1, 0.15) is 0 Å². The van der Waals surface area contributed by atoms with Gasteiger partial charge in [0, 0.05) is 12.7 Å². The van der Waals surface area contributed by atoms with Crippen LogP contribution in [-0.2, 0) is 11.1 Å². The molecule has 0 fully saturated rings. The van der Waals surface area contributed by atoms with Gasteiger partial charge in [-0.15, -0.1) is 22.7 Å². The Hall–Kier alpha value is -1.17. The Kier molecular flexibility index (Phi) is 9.41. The quantitative estimate of drug-likeness (QED) is 0.190. The van der Waals surface area contributed by atoms with Crippen LogP contribution in [-0.4, -0.2) is 20.5 Å². The number of rotatable bonds is 14. The van der Waals surface area contributed by atoms with Gasteiger partial charge in [-0.2, -0.15) is 0 Å². The van der Waals surface area contributed by atoms with Gasteiger partial charge < -0.3 is 14.4 Å². The number of thiophene rings is 2. The summed E-state index contributed by atoms with van der Waals surface area (Å²) < 4.78 is 13.3. The summed E-state index contributed by atoms with van der Waals surface area (Å²) in [5.74, 6) is 0. The Morgan fingerprint density at radius 2 is 1.17 bits per heavy atom. The van der Waals surface area contributed by atoms with Crippen LogP contribution in [0.25, 0.3) is 21.1 Å². The van der Waals surface area contributed by atoms with E-state index < -0.39 is 7.60 Å². The lowest BCUT2D eigenvalue weighted by molar-refractivity contribution is 0.370. The maximum Gasteiger partial charge on any atom is 0.325 e. The normalized spacial score (nSPS) is 11.9. The van der Waals surface area contributed by atoms with Crippen molar-refractivity contribution in [3.8, 4) is 21.1 Å². The van der Waals surface area contributed by atoms with Crippen LogP contribution < -0.4 is 0 Å². The first kappa shape index (κ1) is 23.5. The third-order valence-electron chi connectivity index (χ3n) is 5.36. The molecule has 2 N–H and O–H groups in total. The van der Waals surface area contributed by atoms with E-state index in [1.807, 2.05) is 0 Å². The molecule has 0 aromatic carbocycles. The second kappa shape index (κ2) is 12.0. The van der Waals surface area contributed by atoms with Crippen molar-refractivity contribution in [2.24, 2.45) is 0 Å². The number of aromatic nitrogens is 1. The summed E-state index contributed by atoms with van der Waals surface area (Å²) in [6, 6.07) is 13.2. The summed E-state index contributed by atoms with van der Waals surface area (Å²) in [6.45, 7) is 1.05. The van der Waals surface area contributed by atoms with E-state index in [1.54, 1.807) is 22.7 Å². The van der Waals surface area contributed by atoms with Crippen molar-refractivity contribution in [2.45, 2.75) is 64.3 Å². The Balaban J connectivity index is 1.38. The van der Waals surface area contributed by atoms with Gasteiger partial charge in [0.05, 0.1) is 21.1 Å². The van der Waals surface area contributed by atoms with Crippen LogP contribution in [0.1, 0.15) is 57.8 Å². The number of unbranched alkanes of at least 4 members (excludes halogenated alkanes) is 8. The van der Waals surface area contributed by atoms with E-state index >= 15 is 0 Å². The van der Waals surface area contributed by atoms with Gasteiger partial charge >= 0.3 is 7.60 Å². The van der Waals surface area contributed by atoms with E-state index in [9.17, 15) is 4.57 Å². The summed E-state index contributed by atoms with van der Waals surface area (Å²) in [6.07, 6.45) is 10.0. The minimum atomic E-state index is -3.80. The van der Waals surface area contributed by atoms with Crippen LogP contribution >= 0.6 is 30.3 Å². The van der Waals surface area contributed by atoms with Crippen LogP contribution in [0.4, 0.5) is 0 Å². The van der Waals surface area contributed by atoms with Gasteiger partial charge in [-0.1, -0.05) is 57.1 Å². The van der Waals surface area contributed by atoms with Gasteiger partial charge in [-0.25, -0.2) is 0 Å². The fraction of sp³-hybridized carbons (Fsp3) is 0.478. The molecule has 30 heavy (non-hydrogen) atoms. The molecule has 0 atom stereocenters. The van der Waals surface area contributed by atoms with Crippen molar-refractivity contribution >= 4 is 30.3 Å². The lowest BCUT2D eigenvalue weighted by atomic mass is 10.1. The summed E-state index contributed by atoms with van der Waals surface area (Å²) >= 11 is 3.60. The molecule has 0 spiro atoms. The molecule has 0 saturated heterocycles. The monoisotopic (exact) mass is 465 g/mol. The van der Waals surface area contributed by atoms with Crippen molar-refractivity contribution in [1.29, 1.82) is 0 Å². The molecule has 0 aliphatic rings. The number of hydrogen-bond donors (Lipinski definition) is 2. The molecule has 0 amide bonds. The minimum Gasteiger partial charge on any atom is -0.339 e. The van der Waals surface area contributed by atoms with E-state index in [-0.39, 0.29) is 6.16 Å². The highest BCUT2D eigenvalue weighted by molar-refractivity contribution is 7.51. The average molecular weight is 466 g/mol. The first-order chi connectivity index (χ1) is 14.5. The molecule has 0 aliphatic carbocycles. The molecule has 0 aliphatic heterocycles. The van der Waals surface area contributed by atoms with Crippen LogP contribution in [0.5, 0.6) is 0 Å². The summed E-state index contributed by atoms with van der Waals surface area (Å²) in [5, 5.41) is 4.29. The van der Waals surface area contributed by atoms with E-state index in [0.717, 1.165) is 19.4 Å². The molecule has 3 heterocycles. The maximum atomic E-state index is 10.8. The Morgan fingerprint density at radius 3 is 1.60 bits per heavy atom. The topological polar surface area (TPSA) is 62.5 Å². The van der Waals surface area contributed by atoms with Gasteiger partial charge in [0.2, 0.25) is 0 Å². The average Bonchev–Trinajstić information content (AvgIpc) is 3.45. The summed E-state index contributed by atoms with van der Waals surface area (Å²) in [5.41, 5.74) is 2.65. The van der Waals surface area contributed by atoms with Crippen LogP contribution in [0.3, 0.4) is 0 Å². The lowest BCUT2D eigenvalue weighted by Crippen LogP contribution is -2.01. The Labute approximate surface area is 187 Å². The molecule has 164 valence electrons. The second-order valence-electron chi connectivity index (χ2n) is 7.78. The highest BCUT2D eigenvalue weighted by Gasteiger charge is 2.13. The molecule has 0 unspecified atom stereocenters. The van der Waals surface area contributed by atoms with Crippen LogP contribution in [0.15, 0.2) is 47.2 Å². The predicted octanol–water partition coefficient (Wildman–Crippen LogP) is 7.63. The Morgan fingerprint density at radius 1 is 0.700 bits per heavy atom. The van der Waals surface area contributed by atoms with Crippen molar-refractivity contribution in [2.75, 3.05) is 6.16 Å². The van der Waals surface area contributed by atoms with Gasteiger partial charge in [0.15, 0.2) is 0 Å². The van der Waals surface area contributed by atoms with E-state index in [4.69, 9.17) is 9.79 Å². The number of hydrogen-bond acceptors (Lipinski definition) is 3. The molecule has 3 rings (SSSR count). The molecule has 0 radical (unpaired) electrons. The predicted molar refractivity (Wildman–Crippen MR) is 130 cm³/mol. The minimum absolute atomic E-state index is 0.0350. The second-order valence-corrected chi connectivity index (χ2v) is 11.5. The van der Waals surface area contributed by atoms with E-state index in [1.165, 1.54) is 59.7 Å². The summed E-state index contributed by atoms with van der Waals surface area (Å²) in [7, 11) is -3.80. The largest absolute Gasteiger partial charge is 0.339 e. The molecule has 3 aromatic heterocycles. The molecular weight excluding hydrogens is 433 g/mol. The first-order valence-corrected chi connectivity index (χ1v) is 14.4. The van der Waals surface area contributed by atoms with Crippen molar-refractivity contribution < 1.29 is 14.4 Å². The molecule has 0 saturated carbocycles. The first-order valence-electron chi connectivity index (χ1n) is 10.9. The third-order valence-corrected chi connectivity index (χ3v) is 8.04. The molecule has 0 bridgehead atoms. The number of nitrogens with zero attached hydrogens (tertiary/aromatic N) is 1. The SMILES string of the molecule is O=P(O)(O)CCCCCCCCCCCn1c(-c2cccs2)ccc1-c1cccs1. The fourth-order valence-electron chi connectivity index (χ4n) is 3.81. The van der Waals surface area contributed by atoms with Crippen molar-refractivity contribution in [3.05, 3.63) is 47.2 Å². The zero-order valence-electron chi connectivity index (χ0n) is 17.4. The van der Waals surface area contributed by atoms with Crippen LogP contribution in [0.2, 0.25) is 0 Å². The summed E-state index contributed by atoms with van der Waals surface area (Å²) in [4.78, 5) is 20.4. The highest BCUT2D eigenvalue weighted by atomic mass is 32.1. The lowest BCUT2D eigenvalue weighted by Gasteiger charge is -2.12. The fourth-order valence-corrected chi connectivity index (χ4v) is 5.97. The van der Waals surface area contributed by atoms with Gasteiger partial charge in [-0.05, 0) is 47.9 Å². The Bertz CT molecular complexity index is 845. The van der Waals surface area contributed by atoms with Crippen LogP contribution in [0, 0.1) is 0 Å². The zero-order valence-corrected chi connectivity index (χ0v) is 19.9. The van der Waals surface area contributed by atoms with Crippen molar-refractivity contribution in [3.63, 3.8) is 0 Å². The molecule has 3 aromatic rings. The third kappa shape index (κ3) is 7.51. The molecule has 4 nitrogen and oxygen atoms in total. The highest BCUT2D eigenvalue weighted by Crippen LogP contribution is 2.36. The smallest absolute Gasteiger partial charge is 0.325 e.